The highest BCUT2D eigenvalue weighted by atomic mass is 35.5. The molecule has 1 aliphatic carbocycles. The van der Waals surface area contributed by atoms with Crippen LogP contribution in [0.3, 0.4) is 0 Å². The van der Waals surface area contributed by atoms with Crippen molar-refractivity contribution in [2.45, 2.75) is 41.9 Å². The summed E-state index contributed by atoms with van der Waals surface area (Å²) in [6.45, 7) is 1.76. The van der Waals surface area contributed by atoms with Crippen molar-refractivity contribution in [3.05, 3.63) is 29.5 Å². The predicted molar refractivity (Wildman–Crippen MR) is 107 cm³/mol. The molecule has 1 aliphatic heterocycles. The van der Waals surface area contributed by atoms with Crippen molar-refractivity contribution in [1.29, 1.82) is 0 Å². The zero-order valence-electron chi connectivity index (χ0n) is 15.9. The Kier molecular flexibility index (Phi) is 5.80. The molecule has 0 radical (unpaired) electrons. The van der Waals surface area contributed by atoms with Crippen LogP contribution in [0.1, 0.15) is 25.7 Å². The van der Waals surface area contributed by atoms with E-state index in [0.717, 1.165) is 25.9 Å². The van der Waals surface area contributed by atoms with Gasteiger partial charge in [-0.15, -0.1) is 0 Å². The standard InChI is InChI=1S/C19H22ClN3O5S/c1-26-17-18(27-12-6-8-21-9-7-12)22-11-23-19(17)28-16-5-4-14(10-15(16)20)29(24,25)13-2-3-13/h4-5,10-13,21H,2-3,6-9H2,1H3. The van der Waals surface area contributed by atoms with Crippen LogP contribution in [-0.2, 0) is 9.84 Å². The van der Waals surface area contributed by atoms with E-state index in [-0.39, 0.29) is 38.7 Å². The van der Waals surface area contributed by atoms with E-state index in [1.807, 2.05) is 0 Å². The Hall–Kier alpha value is -2.10. The third kappa shape index (κ3) is 4.41. The van der Waals surface area contributed by atoms with Gasteiger partial charge >= 0.3 is 0 Å². The number of nitrogens with zero attached hydrogens (tertiary/aromatic N) is 2. The molecule has 4 rings (SSSR count). The first-order chi connectivity index (χ1) is 14.0. The van der Waals surface area contributed by atoms with Gasteiger partial charge in [0.1, 0.15) is 18.2 Å². The molecular formula is C19H22ClN3O5S. The van der Waals surface area contributed by atoms with E-state index < -0.39 is 9.84 Å². The van der Waals surface area contributed by atoms with Gasteiger partial charge in [-0.2, -0.15) is 9.97 Å². The van der Waals surface area contributed by atoms with E-state index in [4.69, 9.17) is 25.8 Å². The quantitative estimate of drug-likeness (QED) is 0.702. The Balaban J connectivity index is 1.56. The molecule has 1 aromatic heterocycles. The summed E-state index contributed by atoms with van der Waals surface area (Å²) in [6.07, 6.45) is 4.47. The van der Waals surface area contributed by atoms with Crippen molar-refractivity contribution in [2.75, 3.05) is 20.2 Å². The summed E-state index contributed by atoms with van der Waals surface area (Å²) in [7, 11) is -1.85. The summed E-state index contributed by atoms with van der Waals surface area (Å²) in [5.74, 6) is 0.975. The maximum absolute atomic E-state index is 12.4. The highest BCUT2D eigenvalue weighted by Crippen LogP contribution is 2.40. The first kappa shape index (κ1) is 20.2. The van der Waals surface area contributed by atoms with Gasteiger partial charge in [-0.1, -0.05) is 11.6 Å². The van der Waals surface area contributed by atoms with Gasteiger partial charge in [0, 0.05) is 0 Å². The van der Waals surface area contributed by atoms with Crippen LogP contribution in [0.2, 0.25) is 5.02 Å². The summed E-state index contributed by atoms with van der Waals surface area (Å²) in [4.78, 5) is 8.49. The molecule has 156 valence electrons. The largest absolute Gasteiger partial charge is 0.487 e. The molecule has 1 aromatic carbocycles. The summed E-state index contributed by atoms with van der Waals surface area (Å²) in [6, 6.07) is 4.42. The average Bonchev–Trinajstić information content (AvgIpc) is 3.56. The van der Waals surface area contributed by atoms with Crippen LogP contribution in [0.4, 0.5) is 0 Å². The monoisotopic (exact) mass is 439 g/mol. The Morgan fingerprint density at radius 1 is 1.10 bits per heavy atom. The minimum absolute atomic E-state index is 0.0309. The van der Waals surface area contributed by atoms with E-state index in [9.17, 15) is 8.42 Å². The third-order valence-corrected chi connectivity index (χ3v) is 7.46. The SMILES string of the molecule is COc1c(Oc2ccc(S(=O)(=O)C3CC3)cc2Cl)ncnc1OC1CCNCC1. The molecule has 2 heterocycles. The van der Waals surface area contributed by atoms with Crippen molar-refractivity contribution in [1.82, 2.24) is 15.3 Å². The van der Waals surface area contributed by atoms with Gasteiger partial charge in [0.25, 0.3) is 11.8 Å². The molecule has 1 N–H and O–H groups in total. The Morgan fingerprint density at radius 3 is 2.48 bits per heavy atom. The number of piperidine rings is 1. The van der Waals surface area contributed by atoms with Crippen molar-refractivity contribution < 1.29 is 22.6 Å². The number of ether oxygens (including phenoxy) is 3. The van der Waals surface area contributed by atoms with Gasteiger partial charge in [-0.3, -0.25) is 0 Å². The molecule has 2 fully saturated rings. The number of nitrogens with one attached hydrogen (secondary N) is 1. The summed E-state index contributed by atoms with van der Waals surface area (Å²) < 4.78 is 42.0. The second kappa shape index (κ2) is 8.33. The van der Waals surface area contributed by atoms with Gasteiger partial charge in [0.2, 0.25) is 5.75 Å². The molecule has 0 bridgehead atoms. The lowest BCUT2D eigenvalue weighted by Gasteiger charge is -2.24. The van der Waals surface area contributed by atoms with E-state index in [0.29, 0.717) is 18.7 Å². The van der Waals surface area contributed by atoms with Gasteiger partial charge < -0.3 is 19.5 Å². The van der Waals surface area contributed by atoms with Crippen molar-refractivity contribution >= 4 is 21.4 Å². The summed E-state index contributed by atoms with van der Waals surface area (Å²) >= 11 is 6.29. The normalized spacial score (nSPS) is 17.7. The second-order valence-electron chi connectivity index (χ2n) is 7.02. The van der Waals surface area contributed by atoms with Crippen LogP contribution in [0.25, 0.3) is 0 Å². The van der Waals surface area contributed by atoms with Crippen LogP contribution in [0.15, 0.2) is 29.4 Å². The Labute approximate surface area is 174 Å². The molecule has 0 atom stereocenters. The summed E-state index contributed by atoms with van der Waals surface area (Å²) in [5.41, 5.74) is 0. The van der Waals surface area contributed by atoms with Crippen LogP contribution >= 0.6 is 11.6 Å². The highest BCUT2D eigenvalue weighted by molar-refractivity contribution is 7.92. The molecule has 29 heavy (non-hydrogen) atoms. The lowest BCUT2D eigenvalue weighted by atomic mass is 10.1. The number of hydrogen-bond donors (Lipinski definition) is 1. The molecule has 2 aromatic rings. The van der Waals surface area contributed by atoms with Gasteiger partial charge in [0.15, 0.2) is 9.84 Å². The maximum atomic E-state index is 12.4. The highest BCUT2D eigenvalue weighted by Gasteiger charge is 2.37. The fourth-order valence-electron chi connectivity index (χ4n) is 3.16. The van der Waals surface area contributed by atoms with Crippen molar-refractivity contribution in [2.24, 2.45) is 0 Å². The second-order valence-corrected chi connectivity index (χ2v) is 9.66. The van der Waals surface area contributed by atoms with E-state index in [2.05, 4.69) is 15.3 Å². The number of sulfone groups is 1. The van der Waals surface area contributed by atoms with E-state index in [1.165, 1.54) is 31.6 Å². The third-order valence-electron chi connectivity index (χ3n) is 4.91. The zero-order valence-corrected chi connectivity index (χ0v) is 17.5. The van der Waals surface area contributed by atoms with Crippen molar-refractivity contribution in [3.63, 3.8) is 0 Å². The lowest BCUT2D eigenvalue weighted by molar-refractivity contribution is 0.148. The van der Waals surface area contributed by atoms with Gasteiger partial charge in [0.05, 0.1) is 22.3 Å². The molecular weight excluding hydrogens is 418 g/mol. The smallest absolute Gasteiger partial charge is 0.269 e. The number of hydrogen-bond acceptors (Lipinski definition) is 8. The zero-order chi connectivity index (χ0) is 20.4. The number of benzene rings is 1. The minimum atomic E-state index is -3.33. The number of halogens is 1. The van der Waals surface area contributed by atoms with E-state index in [1.54, 1.807) is 0 Å². The Morgan fingerprint density at radius 2 is 1.83 bits per heavy atom. The molecule has 2 aliphatic rings. The summed E-state index contributed by atoms with van der Waals surface area (Å²) in [5, 5.41) is 3.15. The molecule has 10 heteroatoms. The predicted octanol–water partition coefficient (Wildman–Crippen LogP) is 3.00. The first-order valence-corrected chi connectivity index (χ1v) is 11.4. The van der Waals surface area contributed by atoms with Crippen LogP contribution in [-0.4, -0.2) is 49.9 Å². The molecule has 8 nitrogen and oxygen atoms in total. The van der Waals surface area contributed by atoms with Crippen LogP contribution in [0.5, 0.6) is 23.3 Å². The van der Waals surface area contributed by atoms with Crippen LogP contribution < -0.4 is 19.5 Å². The van der Waals surface area contributed by atoms with Gasteiger partial charge in [-0.05, 0) is 57.0 Å². The molecule has 1 saturated carbocycles. The van der Waals surface area contributed by atoms with Gasteiger partial charge in [-0.25, -0.2) is 8.42 Å². The fraction of sp³-hybridized carbons (Fsp3) is 0.474. The topological polar surface area (TPSA) is 99.6 Å². The van der Waals surface area contributed by atoms with E-state index >= 15 is 0 Å². The van der Waals surface area contributed by atoms with Crippen LogP contribution in [0, 0.1) is 0 Å². The minimum Gasteiger partial charge on any atom is -0.487 e. The number of methoxy groups -OCH3 is 1. The molecule has 1 saturated heterocycles. The lowest BCUT2D eigenvalue weighted by Crippen LogP contribution is -2.34. The number of rotatable bonds is 7. The Bertz CT molecular complexity index is 991. The average molecular weight is 440 g/mol. The maximum Gasteiger partial charge on any atom is 0.269 e. The number of aromatic nitrogens is 2. The molecule has 0 amide bonds. The van der Waals surface area contributed by atoms with Crippen molar-refractivity contribution in [3.8, 4) is 23.3 Å². The first-order valence-electron chi connectivity index (χ1n) is 9.46. The fourth-order valence-corrected chi connectivity index (χ4v) is 5.13. The molecule has 0 unspecified atom stereocenters. The molecule has 0 spiro atoms.